The number of imidazole rings is 1. The van der Waals surface area contributed by atoms with E-state index in [0.717, 1.165) is 15.8 Å². The third-order valence-corrected chi connectivity index (χ3v) is 3.60. The Morgan fingerprint density at radius 3 is 2.80 bits per heavy atom. The molecule has 0 radical (unpaired) electrons. The number of nitrogens with zero attached hydrogens (tertiary/aromatic N) is 3. The van der Waals surface area contributed by atoms with Gasteiger partial charge in [-0.25, -0.2) is 9.37 Å². The molecule has 5 heteroatoms. The fourth-order valence-corrected chi connectivity index (χ4v) is 2.54. The Morgan fingerprint density at radius 1 is 1.20 bits per heavy atom. The molecular formula is C15H13BrFN3. The van der Waals surface area contributed by atoms with Crippen molar-refractivity contribution in [1.82, 2.24) is 9.38 Å². The lowest BCUT2D eigenvalue weighted by molar-refractivity contribution is 0.622. The normalized spacial score (nSPS) is 10.9. The topological polar surface area (TPSA) is 20.5 Å². The van der Waals surface area contributed by atoms with Crippen LogP contribution in [-0.4, -0.2) is 16.4 Å². The van der Waals surface area contributed by atoms with Gasteiger partial charge in [-0.1, -0.05) is 12.1 Å². The lowest BCUT2D eigenvalue weighted by atomic mass is 10.2. The van der Waals surface area contributed by atoms with E-state index < -0.39 is 0 Å². The van der Waals surface area contributed by atoms with Crippen molar-refractivity contribution in [2.75, 3.05) is 11.9 Å². The number of hydrogen-bond donors (Lipinski definition) is 0. The van der Waals surface area contributed by atoms with Crippen molar-refractivity contribution in [2.24, 2.45) is 0 Å². The fourth-order valence-electron chi connectivity index (χ4n) is 2.18. The van der Waals surface area contributed by atoms with Gasteiger partial charge in [-0.3, -0.25) is 0 Å². The van der Waals surface area contributed by atoms with Crippen molar-refractivity contribution >= 4 is 27.3 Å². The number of para-hydroxylation sites is 1. The molecule has 0 unspecified atom stereocenters. The molecule has 0 bridgehead atoms. The second-order valence-corrected chi connectivity index (χ2v) is 5.57. The molecule has 0 amide bonds. The highest BCUT2D eigenvalue weighted by atomic mass is 79.9. The molecule has 20 heavy (non-hydrogen) atoms. The molecule has 3 nitrogen and oxygen atoms in total. The molecule has 0 spiro atoms. The Bertz CT molecular complexity index is 754. The molecule has 3 aromatic rings. The maximum absolute atomic E-state index is 13.7. The van der Waals surface area contributed by atoms with E-state index in [0.29, 0.717) is 12.2 Å². The third kappa shape index (κ3) is 2.54. The Labute approximate surface area is 124 Å². The van der Waals surface area contributed by atoms with E-state index in [1.165, 1.54) is 6.07 Å². The van der Waals surface area contributed by atoms with Crippen LogP contribution in [0.2, 0.25) is 0 Å². The fraction of sp³-hybridized carbons (Fsp3) is 0.133. The molecule has 0 saturated carbocycles. The number of halogens is 2. The van der Waals surface area contributed by atoms with Crippen molar-refractivity contribution in [3.63, 3.8) is 0 Å². The van der Waals surface area contributed by atoms with Gasteiger partial charge in [0.05, 0.1) is 17.9 Å². The van der Waals surface area contributed by atoms with E-state index in [1.54, 1.807) is 12.1 Å². The van der Waals surface area contributed by atoms with Gasteiger partial charge < -0.3 is 9.30 Å². The highest BCUT2D eigenvalue weighted by molar-refractivity contribution is 9.10. The standard InChI is InChI=1S/C15H13BrFN3/c1-19(14-5-3-2-4-13(14)17)9-12-10-20-8-11(16)6-7-15(20)18-12/h2-8,10H,9H2,1H3. The highest BCUT2D eigenvalue weighted by Crippen LogP contribution is 2.19. The number of benzene rings is 1. The first-order valence-corrected chi connectivity index (χ1v) is 7.01. The molecule has 0 atom stereocenters. The van der Waals surface area contributed by atoms with Crippen LogP contribution in [0.1, 0.15) is 5.69 Å². The second kappa shape index (κ2) is 5.25. The average molecular weight is 334 g/mol. The monoisotopic (exact) mass is 333 g/mol. The summed E-state index contributed by atoms with van der Waals surface area (Å²) in [6.45, 7) is 0.556. The van der Waals surface area contributed by atoms with Crippen LogP contribution in [0.5, 0.6) is 0 Å². The van der Waals surface area contributed by atoms with Crippen LogP contribution in [0, 0.1) is 5.82 Å². The summed E-state index contributed by atoms with van der Waals surface area (Å²) >= 11 is 3.43. The highest BCUT2D eigenvalue weighted by Gasteiger charge is 2.09. The van der Waals surface area contributed by atoms with E-state index in [4.69, 9.17) is 0 Å². The van der Waals surface area contributed by atoms with Crippen LogP contribution in [0.3, 0.4) is 0 Å². The van der Waals surface area contributed by atoms with Crippen LogP contribution >= 0.6 is 15.9 Å². The molecule has 1 aromatic carbocycles. The van der Waals surface area contributed by atoms with E-state index in [2.05, 4.69) is 20.9 Å². The zero-order valence-corrected chi connectivity index (χ0v) is 12.5. The smallest absolute Gasteiger partial charge is 0.146 e. The minimum atomic E-state index is -0.221. The molecular weight excluding hydrogens is 321 g/mol. The van der Waals surface area contributed by atoms with Gasteiger partial charge in [0.1, 0.15) is 11.5 Å². The molecule has 3 rings (SSSR count). The Balaban J connectivity index is 1.87. The number of rotatable bonds is 3. The van der Waals surface area contributed by atoms with Gasteiger partial charge in [0.25, 0.3) is 0 Å². The molecule has 0 aliphatic heterocycles. The van der Waals surface area contributed by atoms with Crippen molar-refractivity contribution in [3.8, 4) is 0 Å². The van der Waals surface area contributed by atoms with Crippen LogP contribution in [0.25, 0.3) is 5.65 Å². The summed E-state index contributed by atoms with van der Waals surface area (Å²) in [5.41, 5.74) is 2.35. The first kappa shape index (κ1) is 13.1. The Morgan fingerprint density at radius 2 is 2.00 bits per heavy atom. The van der Waals surface area contributed by atoms with Crippen LogP contribution < -0.4 is 4.90 Å². The molecule has 102 valence electrons. The maximum atomic E-state index is 13.7. The summed E-state index contributed by atoms with van der Waals surface area (Å²) in [5, 5.41) is 0. The summed E-state index contributed by atoms with van der Waals surface area (Å²) in [5.74, 6) is -0.221. The summed E-state index contributed by atoms with van der Waals surface area (Å²) in [6.07, 6.45) is 3.91. The van der Waals surface area contributed by atoms with Crippen molar-refractivity contribution in [3.05, 3.63) is 64.8 Å². The van der Waals surface area contributed by atoms with Crippen LogP contribution in [0.15, 0.2) is 53.3 Å². The second-order valence-electron chi connectivity index (χ2n) is 4.65. The van der Waals surface area contributed by atoms with E-state index >= 15 is 0 Å². The van der Waals surface area contributed by atoms with Gasteiger partial charge in [0.15, 0.2) is 0 Å². The predicted molar refractivity (Wildman–Crippen MR) is 81.4 cm³/mol. The zero-order valence-electron chi connectivity index (χ0n) is 10.9. The lowest BCUT2D eigenvalue weighted by Crippen LogP contribution is -2.17. The van der Waals surface area contributed by atoms with Gasteiger partial charge in [-0.2, -0.15) is 0 Å². The number of anilines is 1. The lowest BCUT2D eigenvalue weighted by Gasteiger charge is -2.18. The van der Waals surface area contributed by atoms with Crippen molar-refractivity contribution in [2.45, 2.75) is 6.54 Å². The molecule has 0 fully saturated rings. The molecule has 0 saturated heterocycles. The first-order chi connectivity index (χ1) is 9.63. The molecule has 2 aromatic heterocycles. The van der Waals surface area contributed by atoms with E-state index in [1.807, 2.05) is 46.9 Å². The van der Waals surface area contributed by atoms with Crippen molar-refractivity contribution in [1.29, 1.82) is 0 Å². The molecule has 0 N–H and O–H groups in total. The quantitative estimate of drug-likeness (QED) is 0.725. The summed E-state index contributed by atoms with van der Waals surface area (Å²) < 4.78 is 16.7. The third-order valence-electron chi connectivity index (χ3n) is 3.13. The summed E-state index contributed by atoms with van der Waals surface area (Å²) in [4.78, 5) is 6.38. The predicted octanol–water partition coefficient (Wildman–Crippen LogP) is 3.87. The minimum absolute atomic E-state index is 0.221. The van der Waals surface area contributed by atoms with Gasteiger partial charge in [0.2, 0.25) is 0 Å². The minimum Gasteiger partial charge on any atom is -0.366 e. The number of pyridine rings is 1. The first-order valence-electron chi connectivity index (χ1n) is 6.22. The van der Waals surface area contributed by atoms with E-state index in [9.17, 15) is 4.39 Å². The average Bonchev–Trinajstić information content (AvgIpc) is 2.80. The molecule has 2 heterocycles. The number of fused-ring (bicyclic) bond motifs is 1. The number of hydrogen-bond acceptors (Lipinski definition) is 2. The largest absolute Gasteiger partial charge is 0.366 e. The van der Waals surface area contributed by atoms with E-state index in [-0.39, 0.29) is 5.82 Å². The SMILES string of the molecule is CN(Cc1cn2cc(Br)ccc2n1)c1ccccc1F. The summed E-state index contributed by atoms with van der Waals surface area (Å²) in [7, 11) is 1.86. The zero-order chi connectivity index (χ0) is 14.1. The Hall–Kier alpha value is -1.88. The summed E-state index contributed by atoms with van der Waals surface area (Å²) in [6, 6.07) is 10.6. The molecule has 0 aliphatic carbocycles. The van der Waals surface area contributed by atoms with Gasteiger partial charge in [-0.05, 0) is 40.2 Å². The van der Waals surface area contributed by atoms with Gasteiger partial charge in [-0.15, -0.1) is 0 Å². The number of aromatic nitrogens is 2. The molecule has 0 aliphatic rings. The van der Waals surface area contributed by atoms with Gasteiger partial charge >= 0.3 is 0 Å². The van der Waals surface area contributed by atoms with Gasteiger partial charge in [0, 0.05) is 23.9 Å². The maximum Gasteiger partial charge on any atom is 0.146 e. The van der Waals surface area contributed by atoms with Crippen molar-refractivity contribution < 1.29 is 4.39 Å². The Kier molecular flexibility index (Phi) is 3.44. The van der Waals surface area contributed by atoms with Crippen LogP contribution in [0.4, 0.5) is 10.1 Å². The van der Waals surface area contributed by atoms with Crippen LogP contribution in [-0.2, 0) is 6.54 Å².